The van der Waals surface area contributed by atoms with Crippen LogP contribution in [0.1, 0.15) is 12.6 Å². The Balaban J connectivity index is 1.66. The third-order valence-corrected chi connectivity index (χ3v) is 4.39. The third kappa shape index (κ3) is 3.22. The third-order valence-electron chi connectivity index (χ3n) is 4.15. The highest BCUT2D eigenvalue weighted by Gasteiger charge is 2.20. The van der Waals surface area contributed by atoms with Gasteiger partial charge in [-0.3, -0.25) is 4.79 Å². The van der Waals surface area contributed by atoms with Crippen LogP contribution in [0.25, 0.3) is 10.9 Å². The van der Waals surface area contributed by atoms with Crippen LogP contribution in [0.3, 0.4) is 0 Å². The summed E-state index contributed by atoms with van der Waals surface area (Å²) in [6.45, 7) is 6.84. The van der Waals surface area contributed by atoms with Gasteiger partial charge in [0, 0.05) is 47.8 Å². The molecule has 1 N–H and O–H groups in total. The molecule has 1 amide bonds. The van der Waals surface area contributed by atoms with Crippen molar-refractivity contribution in [1.29, 1.82) is 0 Å². The first-order valence-electron chi connectivity index (χ1n) is 7.43. The van der Waals surface area contributed by atoms with Crippen molar-refractivity contribution in [2.45, 2.75) is 13.3 Å². The Morgan fingerprint density at radius 3 is 2.71 bits per heavy atom. The molecule has 5 heteroatoms. The zero-order valence-corrected chi connectivity index (χ0v) is 13.0. The molecule has 0 atom stereocenters. The highest BCUT2D eigenvalue weighted by Crippen LogP contribution is 2.20. The lowest BCUT2D eigenvalue weighted by Crippen LogP contribution is -2.48. The van der Waals surface area contributed by atoms with Crippen LogP contribution in [-0.2, 0) is 11.2 Å². The summed E-state index contributed by atoms with van der Waals surface area (Å²) < 4.78 is 0. The van der Waals surface area contributed by atoms with Crippen molar-refractivity contribution >= 4 is 28.4 Å². The van der Waals surface area contributed by atoms with Crippen molar-refractivity contribution in [3.63, 3.8) is 0 Å². The molecule has 0 aliphatic carbocycles. The number of hydrogen-bond donors (Lipinski definition) is 1. The molecular weight excluding hydrogens is 286 g/mol. The van der Waals surface area contributed by atoms with Gasteiger partial charge in [0.1, 0.15) is 0 Å². The second-order valence-electron chi connectivity index (χ2n) is 5.52. The number of hydrogen-bond acceptors (Lipinski definition) is 2. The van der Waals surface area contributed by atoms with Crippen molar-refractivity contribution in [3.05, 3.63) is 35.0 Å². The predicted octanol–water partition coefficient (Wildman–Crippen LogP) is 2.53. The first kappa shape index (κ1) is 14.4. The molecule has 2 aromatic rings. The van der Waals surface area contributed by atoms with Crippen molar-refractivity contribution in [2.75, 3.05) is 32.7 Å². The second-order valence-corrected chi connectivity index (χ2v) is 5.95. The Morgan fingerprint density at radius 1 is 1.24 bits per heavy atom. The van der Waals surface area contributed by atoms with Gasteiger partial charge in [-0.25, -0.2) is 0 Å². The number of benzene rings is 1. The summed E-state index contributed by atoms with van der Waals surface area (Å²) in [4.78, 5) is 20.0. The number of aromatic nitrogens is 1. The molecule has 1 aromatic carbocycles. The van der Waals surface area contributed by atoms with E-state index in [0.29, 0.717) is 6.42 Å². The van der Waals surface area contributed by atoms with Gasteiger partial charge in [0.2, 0.25) is 5.91 Å². The molecule has 0 saturated carbocycles. The summed E-state index contributed by atoms with van der Waals surface area (Å²) in [6.07, 6.45) is 0.429. The fourth-order valence-corrected chi connectivity index (χ4v) is 3.03. The molecule has 1 aromatic heterocycles. The highest BCUT2D eigenvalue weighted by atomic mass is 35.5. The number of nitrogens with one attached hydrogen (secondary N) is 1. The number of nitrogens with zero attached hydrogens (tertiary/aromatic N) is 2. The minimum atomic E-state index is 0.198. The van der Waals surface area contributed by atoms with Gasteiger partial charge >= 0.3 is 0 Å². The maximum Gasteiger partial charge on any atom is 0.228 e. The summed E-state index contributed by atoms with van der Waals surface area (Å²) in [6, 6.07) is 7.74. The first-order valence-corrected chi connectivity index (χ1v) is 7.81. The zero-order chi connectivity index (χ0) is 14.8. The number of carbonyl (C=O) groups excluding carboxylic acids is 1. The lowest BCUT2D eigenvalue weighted by Gasteiger charge is -2.34. The molecule has 1 aliphatic rings. The van der Waals surface area contributed by atoms with E-state index in [2.05, 4.69) is 16.8 Å². The van der Waals surface area contributed by atoms with Crippen LogP contribution in [-0.4, -0.2) is 53.4 Å². The van der Waals surface area contributed by atoms with Crippen molar-refractivity contribution in [1.82, 2.24) is 14.8 Å². The van der Waals surface area contributed by atoms with Crippen LogP contribution in [0, 0.1) is 0 Å². The highest BCUT2D eigenvalue weighted by molar-refractivity contribution is 6.31. The Morgan fingerprint density at radius 2 is 2.00 bits per heavy atom. The van der Waals surface area contributed by atoms with Crippen LogP contribution in [0.15, 0.2) is 24.3 Å². The molecule has 0 radical (unpaired) electrons. The van der Waals surface area contributed by atoms with E-state index >= 15 is 0 Å². The van der Waals surface area contributed by atoms with E-state index in [-0.39, 0.29) is 5.91 Å². The maximum absolute atomic E-state index is 12.4. The molecule has 112 valence electrons. The quantitative estimate of drug-likeness (QED) is 0.946. The van der Waals surface area contributed by atoms with E-state index in [9.17, 15) is 4.79 Å². The van der Waals surface area contributed by atoms with E-state index < -0.39 is 0 Å². The number of carbonyl (C=O) groups is 1. The van der Waals surface area contributed by atoms with Crippen molar-refractivity contribution in [3.8, 4) is 0 Å². The SMILES string of the molecule is CCN1CCN(C(=O)Cc2cc3cc(Cl)ccc3[nH]2)CC1. The van der Waals surface area contributed by atoms with Crippen LogP contribution in [0.5, 0.6) is 0 Å². The molecule has 3 rings (SSSR count). The topological polar surface area (TPSA) is 39.3 Å². The van der Waals surface area contributed by atoms with Gasteiger partial charge in [-0.15, -0.1) is 0 Å². The standard InChI is InChI=1S/C16H20ClN3O/c1-2-19-5-7-20(8-6-19)16(21)11-14-10-12-9-13(17)3-4-15(12)18-14/h3-4,9-10,18H,2,5-8,11H2,1H3. The van der Waals surface area contributed by atoms with Crippen molar-refractivity contribution < 1.29 is 4.79 Å². The summed E-state index contributed by atoms with van der Waals surface area (Å²) in [5, 5.41) is 1.77. The molecule has 0 bridgehead atoms. The van der Waals surface area contributed by atoms with Crippen molar-refractivity contribution in [2.24, 2.45) is 0 Å². The number of amides is 1. The number of halogens is 1. The second kappa shape index (κ2) is 6.08. The first-order chi connectivity index (χ1) is 10.2. The van der Waals surface area contributed by atoms with Crippen LogP contribution < -0.4 is 0 Å². The van der Waals surface area contributed by atoms with Gasteiger partial charge < -0.3 is 14.8 Å². The minimum Gasteiger partial charge on any atom is -0.358 e. The number of aromatic amines is 1. The summed E-state index contributed by atoms with van der Waals surface area (Å²) in [5.74, 6) is 0.198. The number of piperazine rings is 1. The Bertz CT molecular complexity index is 644. The molecule has 1 fully saturated rings. The molecule has 0 spiro atoms. The fraction of sp³-hybridized carbons (Fsp3) is 0.438. The number of fused-ring (bicyclic) bond motifs is 1. The molecule has 1 aliphatic heterocycles. The van der Waals surface area contributed by atoms with Crippen LogP contribution >= 0.6 is 11.6 Å². The normalized spacial score (nSPS) is 16.6. The van der Waals surface area contributed by atoms with Gasteiger partial charge in [0.25, 0.3) is 0 Å². The predicted molar refractivity (Wildman–Crippen MR) is 85.7 cm³/mol. The Hall–Kier alpha value is -1.52. The number of rotatable bonds is 3. The molecule has 21 heavy (non-hydrogen) atoms. The van der Waals surface area contributed by atoms with E-state index in [1.54, 1.807) is 0 Å². The monoisotopic (exact) mass is 305 g/mol. The van der Waals surface area contributed by atoms with E-state index in [1.165, 1.54) is 0 Å². The van der Waals surface area contributed by atoms with Gasteiger partial charge in [-0.2, -0.15) is 0 Å². The number of likely N-dealkylation sites (N-methyl/N-ethyl adjacent to an activating group) is 1. The fourth-order valence-electron chi connectivity index (χ4n) is 2.85. The lowest BCUT2D eigenvalue weighted by molar-refractivity contribution is -0.132. The molecule has 4 nitrogen and oxygen atoms in total. The lowest BCUT2D eigenvalue weighted by atomic mass is 10.2. The van der Waals surface area contributed by atoms with Gasteiger partial charge in [-0.1, -0.05) is 18.5 Å². The van der Waals surface area contributed by atoms with Gasteiger partial charge in [0.05, 0.1) is 6.42 Å². The van der Waals surface area contributed by atoms with E-state index in [1.807, 2.05) is 29.2 Å². The molecular formula is C16H20ClN3O. The summed E-state index contributed by atoms with van der Waals surface area (Å²) >= 11 is 5.99. The van der Waals surface area contributed by atoms with E-state index in [4.69, 9.17) is 11.6 Å². The molecule has 2 heterocycles. The Kier molecular flexibility index (Phi) is 4.17. The Labute approximate surface area is 129 Å². The molecule has 1 saturated heterocycles. The maximum atomic E-state index is 12.4. The van der Waals surface area contributed by atoms with Gasteiger partial charge in [0.15, 0.2) is 0 Å². The summed E-state index contributed by atoms with van der Waals surface area (Å²) in [5.41, 5.74) is 1.98. The zero-order valence-electron chi connectivity index (χ0n) is 12.2. The minimum absolute atomic E-state index is 0.198. The molecule has 0 unspecified atom stereocenters. The van der Waals surface area contributed by atoms with Crippen LogP contribution in [0.2, 0.25) is 5.02 Å². The number of H-pyrrole nitrogens is 1. The largest absolute Gasteiger partial charge is 0.358 e. The van der Waals surface area contributed by atoms with Gasteiger partial charge in [-0.05, 0) is 30.8 Å². The van der Waals surface area contributed by atoms with Crippen LogP contribution in [0.4, 0.5) is 0 Å². The average molecular weight is 306 g/mol. The summed E-state index contributed by atoms with van der Waals surface area (Å²) in [7, 11) is 0. The average Bonchev–Trinajstić information content (AvgIpc) is 2.88. The smallest absolute Gasteiger partial charge is 0.228 e. The van der Waals surface area contributed by atoms with E-state index in [0.717, 1.165) is 54.3 Å².